The topological polar surface area (TPSA) is 62.5 Å². The molecule has 1 amide bonds. The fourth-order valence-electron chi connectivity index (χ4n) is 4.11. The van der Waals surface area contributed by atoms with Crippen LogP contribution < -0.4 is 10.6 Å². The van der Waals surface area contributed by atoms with Gasteiger partial charge in [-0.2, -0.15) is 0 Å². The Labute approximate surface area is 185 Å². The molecule has 30 heavy (non-hydrogen) atoms. The molecule has 3 rings (SSSR count). The van der Waals surface area contributed by atoms with Gasteiger partial charge in [0.05, 0.1) is 0 Å². The summed E-state index contributed by atoms with van der Waals surface area (Å²) in [6, 6.07) is 9.89. The van der Waals surface area contributed by atoms with Crippen LogP contribution in [0.25, 0.3) is 0 Å². The molecule has 0 aliphatic carbocycles. The average Bonchev–Trinajstić information content (AvgIpc) is 2.72. The molecule has 1 aliphatic heterocycles. The van der Waals surface area contributed by atoms with Crippen LogP contribution in [0, 0.1) is 12.8 Å². The molecule has 1 fully saturated rings. The maximum Gasteiger partial charge on any atom is 0.223 e. The molecule has 1 aromatic heterocycles. The first-order chi connectivity index (χ1) is 14.3. The van der Waals surface area contributed by atoms with Crippen LogP contribution in [-0.4, -0.2) is 42.0 Å². The third-order valence-corrected chi connectivity index (χ3v) is 6.02. The van der Waals surface area contributed by atoms with Crippen LogP contribution in [0.3, 0.4) is 0 Å². The number of anilines is 1. The van der Waals surface area contributed by atoms with Crippen molar-refractivity contribution < 1.29 is 4.79 Å². The molecule has 0 bridgehead atoms. The third kappa shape index (κ3) is 5.73. The van der Waals surface area contributed by atoms with Crippen molar-refractivity contribution in [3.05, 3.63) is 58.2 Å². The number of hydrogen-bond donors (Lipinski definition) is 1. The number of aromatic nitrogens is 1. The monoisotopic (exact) mass is 428 g/mol. The third-order valence-electron chi connectivity index (χ3n) is 5.79. The van der Waals surface area contributed by atoms with Crippen LogP contribution in [0.5, 0.6) is 0 Å². The Morgan fingerprint density at radius 3 is 2.60 bits per heavy atom. The standard InChI is InChI=1S/C24H33ClN4O/c1-17(2)15-22(26)21-5-4-10-27-24(21)29-13-11-28(12-14-29)23(30)9-7-19-6-8-20(25)16-18(19)3/h4-6,8,10,16-17,22H,7,9,11-15,26H2,1-3H3. The summed E-state index contributed by atoms with van der Waals surface area (Å²) in [6.45, 7) is 9.41. The molecule has 6 heteroatoms. The summed E-state index contributed by atoms with van der Waals surface area (Å²) in [4.78, 5) is 21.6. The van der Waals surface area contributed by atoms with Crippen LogP contribution in [-0.2, 0) is 11.2 Å². The van der Waals surface area contributed by atoms with Crippen molar-refractivity contribution in [1.29, 1.82) is 0 Å². The highest BCUT2D eigenvalue weighted by molar-refractivity contribution is 6.30. The number of carbonyl (C=O) groups excluding carboxylic acids is 1. The van der Waals surface area contributed by atoms with Crippen molar-refractivity contribution in [2.24, 2.45) is 11.7 Å². The van der Waals surface area contributed by atoms with E-state index < -0.39 is 0 Å². The van der Waals surface area contributed by atoms with Crippen molar-refractivity contribution in [3.8, 4) is 0 Å². The predicted molar refractivity (Wildman–Crippen MR) is 124 cm³/mol. The number of aryl methyl sites for hydroxylation is 2. The normalized spacial score (nSPS) is 15.5. The van der Waals surface area contributed by atoms with E-state index in [2.05, 4.69) is 29.8 Å². The van der Waals surface area contributed by atoms with Gasteiger partial charge in [-0.1, -0.05) is 37.6 Å². The summed E-state index contributed by atoms with van der Waals surface area (Å²) in [5, 5.41) is 0.737. The minimum atomic E-state index is -0.0176. The first-order valence-corrected chi connectivity index (χ1v) is 11.2. The summed E-state index contributed by atoms with van der Waals surface area (Å²) >= 11 is 6.03. The summed E-state index contributed by atoms with van der Waals surface area (Å²) in [5.74, 6) is 1.71. The summed E-state index contributed by atoms with van der Waals surface area (Å²) < 4.78 is 0. The Hall–Kier alpha value is -2.11. The Morgan fingerprint density at radius 1 is 1.20 bits per heavy atom. The van der Waals surface area contributed by atoms with Crippen molar-refractivity contribution in [2.45, 2.75) is 46.1 Å². The number of piperazine rings is 1. The fourth-order valence-corrected chi connectivity index (χ4v) is 4.33. The molecule has 0 spiro atoms. The lowest BCUT2D eigenvalue weighted by Crippen LogP contribution is -2.49. The van der Waals surface area contributed by atoms with Gasteiger partial charge in [0.25, 0.3) is 0 Å². The second-order valence-corrected chi connectivity index (χ2v) is 9.03. The van der Waals surface area contributed by atoms with Crippen molar-refractivity contribution in [3.63, 3.8) is 0 Å². The van der Waals surface area contributed by atoms with Crippen LogP contribution in [0.1, 0.15) is 49.4 Å². The zero-order valence-corrected chi connectivity index (χ0v) is 19.0. The summed E-state index contributed by atoms with van der Waals surface area (Å²) in [7, 11) is 0. The fraction of sp³-hybridized carbons (Fsp3) is 0.500. The minimum absolute atomic E-state index is 0.0176. The van der Waals surface area contributed by atoms with Gasteiger partial charge in [0.2, 0.25) is 5.91 Å². The number of carbonyl (C=O) groups is 1. The number of hydrogen-bond acceptors (Lipinski definition) is 4. The lowest BCUT2D eigenvalue weighted by atomic mass is 9.98. The first-order valence-electron chi connectivity index (χ1n) is 10.8. The van der Waals surface area contributed by atoms with Crippen molar-refractivity contribution in [2.75, 3.05) is 31.1 Å². The number of nitrogens with two attached hydrogens (primary N) is 1. The van der Waals surface area contributed by atoms with Gasteiger partial charge in [-0.3, -0.25) is 4.79 Å². The molecular weight excluding hydrogens is 396 g/mol. The average molecular weight is 429 g/mol. The van der Waals surface area contributed by atoms with E-state index in [9.17, 15) is 4.79 Å². The van der Waals surface area contributed by atoms with Gasteiger partial charge in [-0.25, -0.2) is 4.98 Å². The van der Waals surface area contributed by atoms with Crippen LogP contribution >= 0.6 is 11.6 Å². The second-order valence-electron chi connectivity index (χ2n) is 8.59. The molecule has 1 aliphatic rings. The molecule has 1 saturated heterocycles. The van der Waals surface area contributed by atoms with Crippen molar-refractivity contribution in [1.82, 2.24) is 9.88 Å². The molecule has 1 unspecified atom stereocenters. The van der Waals surface area contributed by atoms with Gasteiger partial charge < -0.3 is 15.5 Å². The maximum atomic E-state index is 12.7. The lowest BCUT2D eigenvalue weighted by molar-refractivity contribution is -0.131. The summed E-state index contributed by atoms with van der Waals surface area (Å²) in [6.07, 6.45) is 4.03. The number of amides is 1. The van der Waals surface area contributed by atoms with Crippen LogP contribution in [0.2, 0.25) is 5.02 Å². The van der Waals surface area contributed by atoms with Gasteiger partial charge >= 0.3 is 0 Å². The molecule has 1 aromatic carbocycles. The highest BCUT2D eigenvalue weighted by Crippen LogP contribution is 2.27. The highest BCUT2D eigenvalue weighted by atomic mass is 35.5. The Morgan fingerprint density at radius 2 is 1.93 bits per heavy atom. The Kier molecular flexibility index (Phi) is 7.73. The van der Waals surface area contributed by atoms with E-state index in [0.29, 0.717) is 25.4 Å². The van der Waals surface area contributed by atoms with E-state index >= 15 is 0 Å². The molecule has 2 N–H and O–H groups in total. The molecule has 1 atom stereocenters. The molecule has 0 radical (unpaired) electrons. The lowest BCUT2D eigenvalue weighted by Gasteiger charge is -2.37. The van der Waals surface area contributed by atoms with E-state index in [0.717, 1.165) is 47.9 Å². The molecule has 162 valence electrons. The molecular formula is C24H33ClN4O. The number of pyridine rings is 1. The summed E-state index contributed by atoms with van der Waals surface area (Å²) in [5.41, 5.74) is 9.88. The zero-order valence-electron chi connectivity index (χ0n) is 18.3. The number of benzene rings is 1. The number of halogens is 1. The van der Waals surface area contributed by atoms with Gasteiger partial charge in [0.1, 0.15) is 5.82 Å². The van der Waals surface area contributed by atoms with E-state index in [1.54, 1.807) is 0 Å². The first kappa shape index (κ1) is 22.6. The molecule has 2 heterocycles. The Bertz CT molecular complexity index is 862. The highest BCUT2D eigenvalue weighted by Gasteiger charge is 2.24. The quantitative estimate of drug-likeness (QED) is 0.711. The van der Waals surface area contributed by atoms with Crippen LogP contribution in [0.15, 0.2) is 36.5 Å². The van der Waals surface area contributed by atoms with E-state index in [4.69, 9.17) is 17.3 Å². The van der Waals surface area contributed by atoms with Gasteiger partial charge in [0.15, 0.2) is 0 Å². The number of nitrogens with zero attached hydrogens (tertiary/aromatic N) is 3. The van der Waals surface area contributed by atoms with Gasteiger partial charge in [-0.15, -0.1) is 0 Å². The van der Waals surface area contributed by atoms with E-state index in [1.165, 1.54) is 5.56 Å². The number of rotatable bonds is 7. The van der Waals surface area contributed by atoms with Crippen LogP contribution in [0.4, 0.5) is 5.82 Å². The Balaban J connectivity index is 1.56. The molecule has 0 saturated carbocycles. The zero-order chi connectivity index (χ0) is 21.7. The smallest absolute Gasteiger partial charge is 0.223 e. The van der Waals surface area contributed by atoms with E-state index in [-0.39, 0.29) is 11.9 Å². The minimum Gasteiger partial charge on any atom is -0.353 e. The van der Waals surface area contributed by atoms with Crippen molar-refractivity contribution >= 4 is 23.3 Å². The van der Waals surface area contributed by atoms with E-state index in [1.807, 2.05) is 42.3 Å². The van der Waals surface area contributed by atoms with Gasteiger partial charge in [0, 0.05) is 55.4 Å². The van der Waals surface area contributed by atoms with Gasteiger partial charge in [-0.05, 0) is 55.0 Å². The SMILES string of the molecule is Cc1cc(Cl)ccc1CCC(=O)N1CCN(c2ncccc2C(N)CC(C)C)CC1. The second kappa shape index (κ2) is 10.3. The predicted octanol–water partition coefficient (Wildman–Crippen LogP) is 4.37. The molecule has 2 aromatic rings. The molecule has 5 nitrogen and oxygen atoms in total. The maximum absolute atomic E-state index is 12.7. The largest absolute Gasteiger partial charge is 0.353 e.